The third kappa shape index (κ3) is 10.9. The number of allylic oxidation sites excluding steroid dienone is 12. The van der Waals surface area contributed by atoms with Gasteiger partial charge < -0.3 is 4.74 Å². The van der Waals surface area contributed by atoms with Crippen LogP contribution < -0.4 is 4.74 Å². The molecule has 0 aliphatic carbocycles. The van der Waals surface area contributed by atoms with Crippen molar-refractivity contribution < 1.29 is 14.3 Å². The largest absolute Gasteiger partial charge is 0.494 e. The van der Waals surface area contributed by atoms with Gasteiger partial charge in [0.25, 0.3) is 11.8 Å². The fraction of sp³-hybridized carbons (Fsp3) is 0.303. The van der Waals surface area contributed by atoms with Crippen molar-refractivity contribution in [2.45, 2.75) is 46.5 Å². The quantitative estimate of drug-likeness (QED) is 0.0761. The molecule has 1 saturated heterocycles. The normalized spacial score (nSPS) is 15.2. The molecular weight excluding hydrogens is 504 g/mol. The van der Waals surface area contributed by atoms with Crippen LogP contribution in [-0.2, 0) is 9.59 Å². The number of likely N-dealkylation sites (N-methyl/N-ethyl adjacent to an activating group) is 2. The van der Waals surface area contributed by atoms with Crippen molar-refractivity contribution in [3.63, 3.8) is 0 Å². The van der Waals surface area contributed by atoms with E-state index >= 15 is 0 Å². The SMILES string of the molecule is CCCCCCOc1ccc(/C=C/C=C/C=C/C=C/C=C/C=C/C=C2C(=O)N(CC)C(=S)N(CC)C2=O)cc1. The molecule has 1 aromatic rings. The van der Waals surface area contributed by atoms with Gasteiger partial charge >= 0.3 is 0 Å². The van der Waals surface area contributed by atoms with Crippen LogP contribution in [0.2, 0.25) is 0 Å². The topological polar surface area (TPSA) is 49.9 Å². The molecule has 1 aromatic carbocycles. The van der Waals surface area contributed by atoms with Crippen molar-refractivity contribution >= 4 is 35.2 Å². The van der Waals surface area contributed by atoms with Gasteiger partial charge in [-0.3, -0.25) is 19.4 Å². The zero-order valence-corrected chi connectivity index (χ0v) is 24.1. The molecule has 0 bridgehead atoms. The molecule has 1 aliphatic rings. The highest BCUT2D eigenvalue weighted by molar-refractivity contribution is 7.80. The second-order valence-corrected chi connectivity index (χ2v) is 9.09. The molecule has 1 fully saturated rings. The Labute approximate surface area is 239 Å². The van der Waals surface area contributed by atoms with Crippen LogP contribution in [0.5, 0.6) is 5.75 Å². The molecular formula is C33H40N2O3S. The third-order valence-electron chi connectivity index (χ3n) is 5.85. The molecule has 0 spiro atoms. The number of amides is 2. The van der Waals surface area contributed by atoms with Gasteiger partial charge in [0.1, 0.15) is 11.3 Å². The van der Waals surface area contributed by atoms with E-state index < -0.39 is 0 Å². The van der Waals surface area contributed by atoms with Gasteiger partial charge in [-0.1, -0.05) is 111 Å². The van der Waals surface area contributed by atoms with E-state index in [4.69, 9.17) is 17.0 Å². The van der Waals surface area contributed by atoms with Crippen LogP contribution in [0.4, 0.5) is 0 Å². The number of ether oxygens (including phenoxy) is 1. The van der Waals surface area contributed by atoms with Crippen LogP contribution in [0.1, 0.15) is 52.0 Å². The van der Waals surface area contributed by atoms with E-state index in [0.29, 0.717) is 13.1 Å². The van der Waals surface area contributed by atoms with Crippen LogP contribution in [0, 0.1) is 0 Å². The Morgan fingerprint density at radius 2 is 1.21 bits per heavy atom. The average molecular weight is 545 g/mol. The zero-order valence-electron chi connectivity index (χ0n) is 23.3. The number of rotatable bonds is 15. The Morgan fingerprint density at radius 3 is 1.72 bits per heavy atom. The second kappa shape index (κ2) is 18.5. The molecule has 0 atom stereocenters. The molecule has 206 valence electrons. The number of thiocarbonyl (C=S) groups is 1. The maximum absolute atomic E-state index is 12.5. The maximum atomic E-state index is 12.5. The molecule has 1 aliphatic heterocycles. The average Bonchev–Trinajstić information content (AvgIpc) is 2.94. The van der Waals surface area contributed by atoms with Crippen LogP contribution in [0.25, 0.3) is 6.08 Å². The van der Waals surface area contributed by atoms with Gasteiger partial charge in [0.05, 0.1) is 6.61 Å². The van der Waals surface area contributed by atoms with Crippen molar-refractivity contribution in [2.24, 2.45) is 0 Å². The molecule has 0 aromatic heterocycles. The first kappa shape index (κ1) is 31.4. The Bertz CT molecular complexity index is 1130. The zero-order chi connectivity index (χ0) is 28.3. The first-order valence-corrected chi connectivity index (χ1v) is 14.1. The molecule has 5 nitrogen and oxygen atoms in total. The summed E-state index contributed by atoms with van der Waals surface area (Å²) in [5.74, 6) is 0.214. The van der Waals surface area contributed by atoms with E-state index in [1.807, 2.05) is 80.7 Å². The molecule has 2 rings (SSSR count). The summed E-state index contributed by atoms with van der Waals surface area (Å²) in [4.78, 5) is 28.0. The van der Waals surface area contributed by atoms with Crippen LogP contribution in [0.3, 0.4) is 0 Å². The number of carbonyl (C=O) groups is 2. The standard InChI is InChI=1S/C33H40N2O3S/c1-4-7-8-20-27-38-29-25-23-28(24-26-29)21-18-16-14-12-10-9-11-13-15-17-19-22-30-31(36)34(5-2)33(39)35(6-3)32(30)37/h9-19,21-26H,4-8,20,27H2,1-3H3/b11-9+,12-10+,15-13+,16-14+,19-17+,21-18+. The molecule has 0 N–H and O–H groups in total. The Balaban J connectivity index is 1.74. The summed E-state index contributed by atoms with van der Waals surface area (Å²) < 4.78 is 5.78. The summed E-state index contributed by atoms with van der Waals surface area (Å²) in [6, 6.07) is 8.14. The minimum absolute atomic E-state index is 0.121. The highest BCUT2D eigenvalue weighted by atomic mass is 32.1. The van der Waals surface area contributed by atoms with E-state index in [1.165, 1.54) is 29.1 Å². The van der Waals surface area contributed by atoms with Gasteiger partial charge in [-0.05, 0) is 56.3 Å². The summed E-state index contributed by atoms with van der Waals surface area (Å²) >= 11 is 5.26. The predicted octanol–water partition coefficient (Wildman–Crippen LogP) is 7.36. The molecule has 0 radical (unpaired) electrons. The van der Waals surface area contributed by atoms with Crippen molar-refractivity contribution in [1.29, 1.82) is 0 Å². The van der Waals surface area contributed by atoms with Crippen LogP contribution in [-0.4, -0.2) is 46.4 Å². The monoisotopic (exact) mass is 544 g/mol. The van der Waals surface area contributed by atoms with Crippen molar-refractivity contribution in [2.75, 3.05) is 19.7 Å². The third-order valence-corrected chi connectivity index (χ3v) is 6.30. The smallest absolute Gasteiger partial charge is 0.265 e. The van der Waals surface area contributed by atoms with Gasteiger partial charge in [0, 0.05) is 13.1 Å². The fourth-order valence-corrected chi connectivity index (χ4v) is 4.12. The van der Waals surface area contributed by atoms with E-state index in [-0.39, 0.29) is 22.5 Å². The summed E-state index contributed by atoms with van der Waals surface area (Å²) in [7, 11) is 0. The first-order valence-electron chi connectivity index (χ1n) is 13.7. The number of unbranched alkanes of at least 4 members (excludes halogenated alkanes) is 3. The maximum Gasteiger partial charge on any atom is 0.265 e. The van der Waals surface area contributed by atoms with Crippen LogP contribution >= 0.6 is 12.2 Å². The molecule has 0 saturated carbocycles. The Morgan fingerprint density at radius 1 is 0.692 bits per heavy atom. The lowest BCUT2D eigenvalue weighted by Gasteiger charge is -2.35. The number of nitrogens with zero attached hydrogens (tertiary/aromatic N) is 2. The summed E-state index contributed by atoms with van der Waals surface area (Å²) in [5.41, 5.74) is 1.25. The molecule has 39 heavy (non-hydrogen) atoms. The summed E-state index contributed by atoms with van der Waals surface area (Å²) in [6.45, 7) is 7.51. The minimum atomic E-state index is -0.352. The van der Waals surface area contributed by atoms with E-state index in [1.54, 1.807) is 18.2 Å². The van der Waals surface area contributed by atoms with E-state index in [9.17, 15) is 9.59 Å². The number of hydrogen-bond acceptors (Lipinski definition) is 4. The Kier molecular flexibility index (Phi) is 14.9. The Hall–Kier alpha value is -3.77. The molecule has 6 heteroatoms. The van der Waals surface area contributed by atoms with E-state index in [0.717, 1.165) is 24.3 Å². The molecule has 0 unspecified atom stereocenters. The fourth-order valence-electron chi connectivity index (χ4n) is 3.69. The highest BCUT2D eigenvalue weighted by Gasteiger charge is 2.37. The summed E-state index contributed by atoms with van der Waals surface area (Å²) in [6.07, 6.45) is 29.3. The van der Waals surface area contributed by atoms with Gasteiger partial charge in [0.15, 0.2) is 5.11 Å². The van der Waals surface area contributed by atoms with Gasteiger partial charge in [-0.25, -0.2) is 0 Å². The lowest BCUT2D eigenvalue weighted by atomic mass is 10.1. The lowest BCUT2D eigenvalue weighted by molar-refractivity contribution is -0.133. The van der Waals surface area contributed by atoms with Gasteiger partial charge in [0.2, 0.25) is 0 Å². The number of carbonyl (C=O) groups excluding carboxylic acids is 2. The number of benzene rings is 1. The summed E-state index contributed by atoms with van der Waals surface area (Å²) in [5, 5.41) is 0.268. The van der Waals surface area contributed by atoms with Gasteiger partial charge in [-0.2, -0.15) is 0 Å². The second-order valence-electron chi connectivity index (χ2n) is 8.72. The van der Waals surface area contributed by atoms with E-state index in [2.05, 4.69) is 25.1 Å². The van der Waals surface area contributed by atoms with Crippen molar-refractivity contribution in [3.8, 4) is 5.75 Å². The molecule has 2 amide bonds. The molecule has 1 heterocycles. The predicted molar refractivity (Wildman–Crippen MR) is 166 cm³/mol. The first-order chi connectivity index (χ1) is 19.0. The highest BCUT2D eigenvalue weighted by Crippen LogP contribution is 2.17. The van der Waals surface area contributed by atoms with Crippen molar-refractivity contribution in [3.05, 3.63) is 108 Å². The van der Waals surface area contributed by atoms with Crippen molar-refractivity contribution in [1.82, 2.24) is 9.80 Å². The van der Waals surface area contributed by atoms with Crippen LogP contribution in [0.15, 0.2) is 103 Å². The lowest BCUT2D eigenvalue weighted by Crippen LogP contribution is -2.55. The van der Waals surface area contributed by atoms with Gasteiger partial charge in [-0.15, -0.1) is 0 Å². The number of hydrogen-bond donors (Lipinski definition) is 0. The minimum Gasteiger partial charge on any atom is -0.494 e.